The van der Waals surface area contributed by atoms with E-state index in [2.05, 4.69) is 9.97 Å². The molecule has 0 radical (unpaired) electrons. The van der Waals surface area contributed by atoms with E-state index in [0.29, 0.717) is 24.3 Å². The first-order valence-corrected chi connectivity index (χ1v) is 5.68. The predicted molar refractivity (Wildman–Crippen MR) is 64.7 cm³/mol. The van der Waals surface area contributed by atoms with Crippen LogP contribution in [0.15, 0.2) is 6.07 Å². The summed E-state index contributed by atoms with van der Waals surface area (Å²) < 4.78 is 10.2. The highest BCUT2D eigenvalue weighted by atomic mass is 16.5. The number of hydrogen-bond acceptors (Lipinski definition) is 6. The first-order valence-electron chi connectivity index (χ1n) is 5.68. The van der Waals surface area contributed by atoms with Crippen LogP contribution >= 0.6 is 0 Å². The van der Waals surface area contributed by atoms with E-state index in [-0.39, 0.29) is 11.9 Å². The third kappa shape index (κ3) is 2.29. The molecular formula is C11H16N4O3. The van der Waals surface area contributed by atoms with Gasteiger partial charge in [-0.1, -0.05) is 0 Å². The van der Waals surface area contributed by atoms with Gasteiger partial charge in [-0.2, -0.15) is 9.97 Å². The zero-order valence-electron chi connectivity index (χ0n) is 10.4. The molecule has 1 aromatic heterocycles. The Labute approximate surface area is 105 Å². The van der Waals surface area contributed by atoms with E-state index in [9.17, 15) is 4.79 Å². The van der Waals surface area contributed by atoms with E-state index >= 15 is 0 Å². The molecule has 18 heavy (non-hydrogen) atoms. The van der Waals surface area contributed by atoms with E-state index in [1.807, 2.05) is 0 Å². The van der Waals surface area contributed by atoms with Crippen LogP contribution in [-0.2, 0) is 4.79 Å². The summed E-state index contributed by atoms with van der Waals surface area (Å²) in [5.74, 6) is 0.837. The molecule has 1 aliphatic heterocycles. The SMILES string of the molecule is COc1cc(OC)nc(N2CCCC2C(N)=O)n1. The van der Waals surface area contributed by atoms with E-state index in [4.69, 9.17) is 15.2 Å². The van der Waals surface area contributed by atoms with Crippen molar-refractivity contribution < 1.29 is 14.3 Å². The molecular weight excluding hydrogens is 236 g/mol. The molecule has 7 nitrogen and oxygen atoms in total. The first kappa shape index (κ1) is 12.4. The molecule has 0 aromatic carbocycles. The van der Waals surface area contributed by atoms with Gasteiger partial charge in [0.1, 0.15) is 6.04 Å². The highest BCUT2D eigenvalue weighted by Gasteiger charge is 2.31. The van der Waals surface area contributed by atoms with Crippen molar-refractivity contribution in [3.8, 4) is 11.8 Å². The Morgan fingerprint density at radius 2 is 2.00 bits per heavy atom. The molecule has 1 aliphatic rings. The summed E-state index contributed by atoms with van der Waals surface area (Å²) in [5.41, 5.74) is 5.37. The number of primary amides is 1. The normalized spacial score (nSPS) is 18.8. The van der Waals surface area contributed by atoms with Crippen LogP contribution in [0.4, 0.5) is 5.95 Å². The average molecular weight is 252 g/mol. The number of amides is 1. The van der Waals surface area contributed by atoms with Crippen LogP contribution in [0.25, 0.3) is 0 Å². The van der Waals surface area contributed by atoms with Crippen molar-refractivity contribution in [1.29, 1.82) is 0 Å². The fourth-order valence-corrected chi connectivity index (χ4v) is 2.03. The fraction of sp³-hybridized carbons (Fsp3) is 0.545. The van der Waals surface area contributed by atoms with Crippen molar-refractivity contribution in [3.05, 3.63) is 6.07 Å². The second-order valence-corrected chi connectivity index (χ2v) is 4.01. The molecule has 1 atom stereocenters. The lowest BCUT2D eigenvalue weighted by Gasteiger charge is -2.22. The Hall–Kier alpha value is -2.05. The van der Waals surface area contributed by atoms with Gasteiger partial charge < -0.3 is 20.1 Å². The molecule has 2 rings (SSSR count). The van der Waals surface area contributed by atoms with Gasteiger partial charge in [0.25, 0.3) is 0 Å². The second kappa shape index (κ2) is 5.07. The van der Waals surface area contributed by atoms with Crippen molar-refractivity contribution in [2.45, 2.75) is 18.9 Å². The lowest BCUT2D eigenvalue weighted by atomic mass is 10.2. The Morgan fingerprint density at radius 1 is 1.39 bits per heavy atom. The summed E-state index contributed by atoms with van der Waals surface area (Å²) in [6.07, 6.45) is 1.61. The second-order valence-electron chi connectivity index (χ2n) is 4.01. The molecule has 1 saturated heterocycles. The van der Waals surface area contributed by atoms with E-state index < -0.39 is 0 Å². The highest BCUT2D eigenvalue weighted by Crippen LogP contribution is 2.26. The van der Waals surface area contributed by atoms with Crippen molar-refractivity contribution in [3.63, 3.8) is 0 Å². The Kier molecular flexibility index (Phi) is 3.50. The van der Waals surface area contributed by atoms with Crippen LogP contribution in [0.1, 0.15) is 12.8 Å². The molecule has 0 bridgehead atoms. The van der Waals surface area contributed by atoms with Gasteiger partial charge in [-0.25, -0.2) is 0 Å². The number of carbonyl (C=O) groups is 1. The van der Waals surface area contributed by atoms with Gasteiger partial charge in [0.2, 0.25) is 23.6 Å². The van der Waals surface area contributed by atoms with Crippen LogP contribution < -0.4 is 20.1 Å². The van der Waals surface area contributed by atoms with Gasteiger partial charge in [0.05, 0.1) is 20.3 Å². The zero-order chi connectivity index (χ0) is 13.1. The molecule has 2 N–H and O–H groups in total. The number of methoxy groups -OCH3 is 2. The topological polar surface area (TPSA) is 90.6 Å². The standard InChI is InChI=1S/C11H16N4O3/c1-17-8-6-9(18-2)14-11(13-8)15-5-3-4-7(15)10(12)16/h6-7H,3-5H2,1-2H3,(H2,12,16). The van der Waals surface area contributed by atoms with Gasteiger partial charge in [-0.05, 0) is 12.8 Å². The summed E-state index contributed by atoms with van der Waals surface area (Å²) in [6.45, 7) is 0.698. The maximum Gasteiger partial charge on any atom is 0.240 e. The van der Waals surface area contributed by atoms with Crippen LogP contribution in [-0.4, -0.2) is 42.7 Å². The summed E-state index contributed by atoms with van der Waals surface area (Å²) in [4.78, 5) is 21.6. The van der Waals surface area contributed by atoms with Crippen LogP contribution in [0, 0.1) is 0 Å². The number of aromatic nitrogens is 2. The lowest BCUT2D eigenvalue weighted by Crippen LogP contribution is -2.41. The van der Waals surface area contributed by atoms with Gasteiger partial charge >= 0.3 is 0 Å². The van der Waals surface area contributed by atoms with Crippen molar-refractivity contribution >= 4 is 11.9 Å². The smallest absolute Gasteiger partial charge is 0.240 e. The highest BCUT2D eigenvalue weighted by molar-refractivity contribution is 5.83. The quantitative estimate of drug-likeness (QED) is 0.807. The monoisotopic (exact) mass is 252 g/mol. The van der Waals surface area contributed by atoms with Gasteiger partial charge in [0.15, 0.2) is 0 Å². The number of nitrogens with zero attached hydrogens (tertiary/aromatic N) is 3. The van der Waals surface area contributed by atoms with Gasteiger partial charge in [-0.15, -0.1) is 0 Å². The third-order valence-electron chi connectivity index (χ3n) is 2.92. The Bertz CT molecular complexity index is 430. The molecule has 1 unspecified atom stereocenters. The van der Waals surface area contributed by atoms with Gasteiger partial charge in [-0.3, -0.25) is 4.79 Å². The first-order chi connectivity index (χ1) is 8.65. The minimum atomic E-state index is -0.363. The minimum Gasteiger partial charge on any atom is -0.481 e. The molecule has 7 heteroatoms. The number of hydrogen-bond donors (Lipinski definition) is 1. The van der Waals surface area contributed by atoms with Gasteiger partial charge in [0, 0.05) is 6.54 Å². The largest absolute Gasteiger partial charge is 0.481 e. The molecule has 0 saturated carbocycles. The number of anilines is 1. The lowest BCUT2D eigenvalue weighted by molar-refractivity contribution is -0.119. The summed E-state index contributed by atoms with van der Waals surface area (Å²) >= 11 is 0. The number of ether oxygens (including phenoxy) is 2. The fourth-order valence-electron chi connectivity index (χ4n) is 2.03. The summed E-state index contributed by atoms with van der Waals surface area (Å²) in [7, 11) is 3.03. The Morgan fingerprint density at radius 3 is 2.50 bits per heavy atom. The molecule has 1 amide bonds. The molecule has 2 heterocycles. The Balaban J connectivity index is 2.34. The van der Waals surface area contributed by atoms with Crippen LogP contribution in [0.3, 0.4) is 0 Å². The molecule has 1 fully saturated rings. The summed E-state index contributed by atoms with van der Waals surface area (Å²) in [5, 5.41) is 0. The zero-order valence-corrected chi connectivity index (χ0v) is 10.4. The molecule has 98 valence electrons. The number of carbonyl (C=O) groups excluding carboxylic acids is 1. The third-order valence-corrected chi connectivity index (χ3v) is 2.92. The summed E-state index contributed by atoms with van der Waals surface area (Å²) in [6, 6.07) is 1.22. The van der Waals surface area contributed by atoms with E-state index in [0.717, 1.165) is 12.8 Å². The number of nitrogens with two attached hydrogens (primary N) is 1. The van der Waals surface area contributed by atoms with Crippen LogP contribution in [0.5, 0.6) is 11.8 Å². The molecule has 0 aliphatic carbocycles. The average Bonchev–Trinajstić information content (AvgIpc) is 2.87. The van der Waals surface area contributed by atoms with Crippen molar-refractivity contribution in [2.75, 3.05) is 25.7 Å². The number of rotatable bonds is 4. The van der Waals surface area contributed by atoms with Crippen molar-refractivity contribution in [2.24, 2.45) is 5.73 Å². The maximum absolute atomic E-state index is 11.4. The molecule has 0 spiro atoms. The van der Waals surface area contributed by atoms with Crippen molar-refractivity contribution in [1.82, 2.24) is 9.97 Å². The minimum absolute atomic E-state index is 0.359. The van der Waals surface area contributed by atoms with Crippen LogP contribution in [0.2, 0.25) is 0 Å². The predicted octanol–water partition coefficient (Wildman–Crippen LogP) is -0.0521. The van der Waals surface area contributed by atoms with E-state index in [1.54, 1.807) is 11.0 Å². The maximum atomic E-state index is 11.4. The molecule has 1 aromatic rings. The van der Waals surface area contributed by atoms with E-state index in [1.165, 1.54) is 14.2 Å².